The number of non-ortho nitro benzene ring substituents is 1. The van der Waals surface area contributed by atoms with Crippen LogP contribution in [0.25, 0.3) is 11.0 Å². The Kier molecular flexibility index (Phi) is 8.52. The van der Waals surface area contributed by atoms with Crippen LogP contribution in [-0.4, -0.2) is 44.0 Å². The van der Waals surface area contributed by atoms with E-state index in [1.54, 1.807) is 18.2 Å². The Morgan fingerprint density at radius 3 is 2.50 bits per heavy atom. The predicted octanol–water partition coefficient (Wildman–Crippen LogP) is 2.93. The molecule has 0 unspecified atom stereocenters. The number of hydrogen-bond acceptors (Lipinski definition) is 9. The number of nitro groups is 1. The van der Waals surface area contributed by atoms with Crippen LogP contribution in [0.15, 0.2) is 41.0 Å². The summed E-state index contributed by atoms with van der Waals surface area (Å²) in [6.07, 6.45) is 3.29. The van der Waals surface area contributed by atoms with Crippen LogP contribution < -0.4 is 15.2 Å². The van der Waals surface area contributed by atoms with E-state index in [9.17, 15) is 19.5 Å². The van der Waals surface area contributed by atoms with E-state index in [2.05, 4.69) is 30.1 Å². The lowest BCUT2D eigenvalue weighted by Crippen LogP contribution is -2.25. The second-order valence-electron chi connectivity index (χ2n) is 7.41. The van der Waals surface area contributed by atoms with E-state index < -0.39 is 12.7 Å². The van der Waals surface area contributed by atoms with Crippen LogP contribution in [0.1, 0.15) is 31.2 Å². The molecule has 0 radical (unpaired) electrons. The zero-order valence-corrected chi connectivity index (χ0v) is 18.9. The molecule has 13 nitrogen and oxygen atoms in total. The van der Waals surface area contributed by atoms with Gasteiger partial charge in [-0.1, -0.05) is 18.6 Å². The lowest BCUT2D eigenvalue weighted by atomic mass is 10.1. The van der Waals surface area contributed by atoms with Crippen LogP contribution in [0.5, 0.6) is 5.75 Å². The minimum Gasteiger partial charge on any atom is -0.404 e. The number of benzene rings is 2. The largest absolute Gasteiger partial charge is 0.524 e. The van der Waals surface area contributed by atoms with E-state index in [0.717, 1.165) is 18.4 Å². The summed E-state index contributed by atoms with van der Waals surface area (Å²) in [6, 6.07) is 9.20. The maximum Gasteiger partial charge on any atom is 0.524 e. The molecule has 1 amide bonds. The summed E-state index contributed by atoms with van der Waals surface area (Å²) in [4.78, 5) is 40.0. The van der Waals surface area contributed by atoms with Gasteiger partial charge in [-0.2, -0.15) is 0 Å². The van der Waals surface area contributed by atoms with Crippen LogP contribution in [0, 0.1) is 10.1 Å². The van der Waals surface area contributed by atoms with Crippen molar-refractivity contribution in [2.75, 3.05) is 18.4 Å². The highest BCUT2D eigenvalue weighted by molar-refractivity contribution is 7.46. The molecule has 14 heteroatoms. The fourth-order valence-electron chi connectivity index (χ4n) is 3.24. The van der Waals surface area contributed by atoms with Crippen molar-refractivity contribution in [3.8, 4) is 5.75 Å². The fourth-order valence-corrected chi connectivity index (χ4v) is 3.64. The predicted molar refractivity (Wildman–Crippen MR) is 121 cm³/mol. The molecule has 0 saturated carbocycles. The number of hydrogen-bond donors (Lipinski definition) is 4. The third-order valence-corrected chi connectivity index (χ3v) is 5.32. The summed E-state index contributed by atoms with van der Waals surface area (Å²) in [5.41, 5.74) is 1.72. The molecule has 2 aromatic carbocycles. The van der Waals surface area contributed by atoms with Gasteiger partial charge in [-0.05, 0) is 53.3 Å². The molecule has 3 rings (SSSR count). The molecular weight excluding hydrogens is 469 g/mol. The van der Waals surface area contributed by atoms with Crippen LogP contribution in [-0.2, 0) is 15.8 Å². The van der Waals surface area contributed by atoms with Gasteiger partial charge in [0.2, 0.25) is 11.4 Å². The number of nitro benzene ring substituents is 1. The number of rotatable bonds is 13. The summed E-state index contributed by atoms with van der Waals surface area (Å²) in [6.45, 7) is 1.05. The van der Waals surface area contributed by atoms with Crippen LogP contribution >= 0.6 is 7.82 Å². The number of fused-ring (bicyclic) bond motifs is 1. The molecular formula is C20H24N5O8P. The highest BCUT2D eigenvalue weighted by Gasteiger charge is 2.19. The zero-order valence-electron chi connectivity index (χ0n) is 18.0. The van der Waals surface area contributed by atoms with Gasteiger partial charge in [0.25, 0.3) is 0 Å². The maximum atomic E-state index is 12.0. The van der Waals surface area contributed by atoms with Gasteiger partial charge in [-0.3, -0.25) is 24.7 Å². The minimum absolute atomic E-state index is 0.0554. The molecule has 0 saturated heterocycles. The second-order valence-corrected chi connectivity index (χ2v) is 8.58. The molecule has 0 bridgehead atoms. The molecule has 0 aliphatic heterocycles. The van der Waals surface area contributed by atoms with E-state index in [1.165, 1.54) is 18.2 Å². The topological polar surface area (TPSA) is 190 Å². The van der Waals surface area contributed by atoms with Crippen molar-refractivity contribution in [2.24, 2.45) is 0 Å². The number of carbonyl (C=O) groups excluding carboxylic acids is 1. The highest BCUT2D eigenvalue weighted by Crippen LogP contribution is 2.37. The monoisotopic (exact) mass is 493 g/mol. The molecule has 4 N–H and O–H groups in total. The number of unbranched alkanes of at least 4 members (excludes halogenated alkanes) is 2. The van der Waals surface area contributed by atoms with Crippen molar-refractivity contribution in [1.82, 2.24) is 15.6 Å². The molecule has 0 fully saturated rings. The third kappa shape index (κ3) is 7.51. The van der Waals surface area contributed by atoms with Gasteiger partial charge in [0, 0.05) is 25.6 Å². The van der Waals surface area contributed by atoms with Gasteiger partial charge >= 0.3 is 13.5 Å². The molecule has 0 spiro atoms. The Balaban J connectivity index is 1.29. The van der Waals surface area contributed by atoms with E-state index in [-0.39, 0.29) is 22.9 Å². The Morgan fingerprint density at radius 2 is 1.79 bits per heavy atom. The first-order valence-corrected chi connectivity index (χ1v) is 12.0. The van der Waals surface area contributed by atoms with Crippen molar-refractivity contribution < 1.29 is 33.2 Å². The van der Waals surface area contributed by atoms with Gasteiger partial charge in [-0.25, -0.2) is 9.19 Å². The molecule has 1 heterocycles. The van der Waals surface area contributed by atoms with Gasteiger partial charge in [0.1, 0.15) is 5.75 Å². The van der Waals surface area contributed by atoms with E-state index in [1.807, 2.05) is 0 Å². The molecule has 34 heavy (non-hydrogen) atoms. The SMILES string of the molecule is O=C(CCCCCNc1ccc([N+](=O)[O-])c2nonc12)NCCc1ccc(OP(=O)(O)O)cc1. The van der Waals surface area contributed by atoms with E-state index >= 15 is 0 Å². The van der Waals surface area contributed by atoms with Gasteiger partial charge < -0.3 is 15.2 Å². The van der Waals surface area contributed by atoms with E-state index in [4.69, 9.17) is 9.79 Å². The second kappa shape index (κ2) is 11.5. The summed E-state index contributed by atoms with van der Waals surface area (Å²) in [5.74, 6) is 0.0199. The van der Waals surface area contributed by atoms with Crippen LogP contribution in [0.4, 0.5) is 11.4 Å². The van der Waals surface area contributed by atoms with Crippen LogP contribution in [0.2, 0.25) is 0 Å². The average molecular weight is 493 g/mol. The molecule has 3 aromatic rings. The Hall–Kier alpha value is -3.54. The van der Waals surface area contributed by atoms with Crippen molar-refractivity contribution in [3.63, 3.8) is 0 Å². The Labute approximate surface area is 193 Å². The number of phosphoric acid groups is 1. The Morgan fingerprint density at radius 1 is 1.06 bits per heavy atom. The molecule has 0 atom stereocenters. The number of aromatic nitrogens is 2. The highest BCUT2D eigenvalue weighted by atomic mass is 31.2. The van der Waals surface area contributed by atoms with Crippen molar-refractivity contribution in [3.05, 3.63) is 52.1 Å². The maximum absolute atomic E-state index is 12.0. The summed E-state index contributed by atoms with van der Waals surface area (Å²) in [5, 5.41) is 24.3. The Bertz CT molecular complexity index is 1180. The summed E-state index contributed by atoms with van der Waals surface area (Å²) >= 11 is 0. The smallest absolute Gasteiger partial charge is 0.404 e. The number of carbonyl (C=O) groups is 1. The number of nitrogens with zero attached hydrogens (tertiary/aromatic N) is 3. The lowest BCUT2D eigenvalue weighted by molar-refractivity contribution is -0.383. The van der Waals surface area contributed by atoms with Crippen molar-refractivity contribution >= 4 is 36.1 Å². The fraction of sp³-hybridized carbons (Fsp3) is 0.350. The lowest BCUT2D eigenvalue weighted by Gasteiger charge is -2.08. The number of phosphoric ester groups is 1. The minimum atomic E-state index is -4.58. The summed E-state index contributed by atoms with van der Waals surface area (Å²) < 4.78 is 19.9. The summed E-state index contributed by atoms with van der Waals surface area (Å²) in [7, 11) is -4.58. The molecule has 0 aliphatic rings. The number of nitrogens with one attached hydrogen (secondary N) is 2. The van der Waals surface area contributed by atoms with Crippen molar-refractivity contribution in [2.45, 2.75) is 32.1 Å². The average Bonchev–Trinajstić information content (AvgIpc) is 3.26. The quantitative estimate of drug-likeness (QED) is 0.118. The van der Waals surface area contributed by atoms with Gasteiger partial charge in [-0.15, -0.1) is 0 Å². The number of anilines is 1. The molecule has 182 valence electrons. The first-order chi connectivity index (χ1) is 16.2. The van der Waals surface area contributed by atoms with Gasteiger partial charge in [0.15, 0.2) is 5.52 Å². The van der Waals surface area contributed by atoms with Crippen molar-refractivity contribution in [1.29, 1.82) is 0 Å². The normalized spacial score (nSPS) is 11.4. The molecule has 0 aliphatic carbocycles. The standard InChI is InChI=1S/C20H24N5O8P/c26-18(22-13-11-14-5-7-15(8-6-14)32-34(29,30)31)4-2-1-3-12-21-16-9-10-17(25(27)28)20-19(16)23-33-24-20/h5-10,21H,1-4,11-13H2,(H,22,26)(H2,29,30,31). The number of amides is 1. The van der Waals surface area contributed by atoms with Crippen LogP contribution in [0.3, 0.4) is 0 Å². The van der Waals surface area contributed by atoms with Gasteiger partial charge in [0.05, 0.1) is 10.6 Å². The zero-order chi connectivity index (χ0) is 24.6. The first kappa shape index (κ1) is 25.1. The third-order valence-electron chi connectivity index (χ3n) is 4.87. The molecule has 1 aromatic heterocycles. The van der Waals surface area contributed by atoms with E-state index in [0.29, 0.717) is 43.6 Å². The first-order valence-electron chi connectivity index (χ1n) is 10.5.